The lowest BCUT2D eigenvalue weighted by atomic mass is 9.96. The fourth-order valence-electron chi connectivity index (χ4n) is 4.54. The molecule has 0 N–H and O–H groups in total. The predicted molar refractivity (Wildman–Crippen MR) is 120 cm³/mol. The molecule has 0 aromatic carbocycles. The van der Waals surface area contributed by atoms with E-state index in [1.165, 1.54) is 10.6 Å². The summed E-state index contributed by atoms with van der Waals surface area (Å²) in [5, 5.41) is 8.88. The van der Waals surface area contributed by atoms with Crippen LogP contribution in [0, 0.1) is 5.92 Å². The lowest BCUT2D eigenvalue weighted by Gasteiger charge is -2.38. The maximum atomic E-state index is 12.9. The van der Waals surface area contributed by atoms with Gasteiger partial charge in [0.25, 0.3) is 0 Å². The van der Waals surface area contributed by atoms with Gasteiger partial charge in [0.2, 0.25) is 15.9 Å². The summed E-state index contributed by atoms with van der Waals surface area (Å²) in [5.74, 6) is 1.86. The molecular weight excluding hydrogens is 418 g/mol. The Morgan fingerprint density at radius 1 is 0.839 bits per heavy atom. The largest absolute Gasteiger partial charge is 0.353 e. The first kappa shape index (κ1) is 22.2. The van der Waals surface area contributed by atoms with Gasteiger partial charge < -0.3 is 19.6 Å². The van der Waals surface area contributed by atoms with Gasteiger partial charge in [-0.05, 0) is 32.0 Å². The van der Waals surface area contributed by atoms with Gasteiger partial charge >= 0.3 is 0 Å². The smallest absolute Gasteiger partial charge is 0.225 e. The average molecular weight is 452 g/mol. The summed E-state index contributed by atoms with van der Waals surface area (Å²) in [5.41, 5.74) is 0. The van der Waals surface area contributed by atoms with Gasteiger partial charge in [0.15, 0.2) is 11.6 Å². The first-order valence-corrected chi connectivity index (χ1v) is 12.9. The molecule has 1 aromatic heterocycles. The summed E-state index contributed by atoms with van der Waals surface area (Å²) in [7, 11) is -1.03. The average Bonchev–Trinajstić information content (AvgIpc) is 2.79. The number of carbonyl (C=O) groups excluding carboxylic acids is 1. The first-order chi connectivity index (χ1) is 14.8. The number of likely N-dealkylation sites (N-methyl/N-ethyl adjacent to an activating group) is 1. The molecule has 0 spiro atoms. The van der Waals surface area contributed by atoms with E-state index in [9.17, 15) is 13.2 Å². The van der Waals surface area contributed by atoms with Crippen molar-refractivity contribution in [2.24, 2.45) is 5.92 Å². The van der Waals surface area contributed by atoms with E-state index in [2.05, 4.69) is 31.9 Å². The number of rotatable bonds is 4. The Bertz CT molecular complexity index is 855. The molecule has 4 rings (SSSR count). The zero-order valence-electron chi connectivity index (χ0n) is 18.5. The SMILES string of the molecule is CN1CCN(c2ccc(N3CCN(C(=O)C4CCN(S(C)(=O)=O)CC4)CC3)nn2)CC1. The summed E-state index contributed by atoms with van der Waals surface area (Å²) in [6, 6.07) is 4.07. The molecule has 11 heteroatoms. The molecule has 0 aliphatic carbocycles. The predicted octanol–water partition coefficient (Wildman–Crippen LogP) is -0.451. The van der Waals surface area contributed by atoms with E-state index in [1.807, 2.05) is 17.0 Å². The number of piperazine rings is 2. The van der Waals surface area contributed by atoms with Crippen LogP contribution in [-0.4, -0.2) is 117 Å². The van der Waals surface area contributed by atoms with Crippen molar-refractivity contribution in [3.8, 4) is 0 Å². The van der Waals surface area contributed by atoms with Crippen LogP contribution in [0.2, 0.25) is 0 Å². The Morgan fingerprint density at radius 2 is 1.32 bits per heavy atom. The first-order valence-electron chi connectivity index (χ1n) is 11.1. The van der Waals surface area contributed by atoms with Crippen LogP contribution in [0.25, 0.3) is 0 Å². The second-order valence-electron chi connectivity index (χ2n) is 8.79. The second-order valence-corrected chi connectivity index (χ2v) is 10.8. The van der Waals surface area contributed by atoms with Crippen LogP contribution in [-0.2, 0) is 14.8 Å². The third-order valence-corrected chi connectivity index (χ3v) is 7.95. The molecule has 0 saturated carbocycles. The van der Waals surface area contributed by atoms with Crippen LogP contribution in [0.4, 0.5) is 11.6 Å². The topological polar surface area (TPSA) is 93.2 Å². The Balaban J connectivity index is 1.26. The van der Waals surface area contributed by atoms with Crippen LogP contribution in [0.1, 0.15) is 12.8 Å². The van der Waals surface area contributed by atoms with E-state index in [-0.39, 0.29) is 11.8 Å². The third kappa shape index (κ3) is 5.27. The van der Waals surface area contributed by atoms with Crippen molar-refractivity contribution < 1.29 is 13.2 Å². The van der Waals surface area contributed by atoms with Crippen molar-refractivity contribution in [1.82, 2.24) is 24.3 Å². The highest BCUT2D eigenvalue weighted by molar-refractivity contribution is 7.88. The zero-order chi connectivity index (χ0) is 22.0. The number of anilines is 2. The highest BCUT2D eigenvalue weighted by Crippen LogP contribution is 2.23. The Hall–Kier alpha value is -1.98. The number of hydrogen-bond donors (Lipinski definition) is 0. The summed E-state index contributed by atoms with van der Waals surface area (Å²) < 4.78 is 24.8. The molecule has 1 amide bonds. The van der Waals surface area contributed by atoms with Gasteiger partial charge in [-0.15, -0.1) is 10.2 Å². The van der Waals surface area contributed by atoms with Gasteiger partial charge in [0, 0.05) is 71.4 Å². The molecule has 1 aromatic rings. The molecule has 0 radical (unpaired) electrons. The van der Waals surface area contributed by atoms with Gasteiger partial charge in [-0.1, -0.05) is 0 Å². The normalized spacial score (nSPS) is 22.7. The fraction of sp³-hybridized carbons (Fsp3) is 0.750. The molecule has 3 aliphatic heterocycles. The molecule has 0 unspecified atom stereocenters. The summed E-state index contributed by atoms with van der Waals surface area (Å²) >= 11 is 0. The number of hydrogen-bond acceptors (Lipinski definition) is 8. The molecule has 172 valence electrons. The quantitative estimate of drug-likeness (QED) is 0.608. The van der Waals surface area contributed by atoms with Gasteiger partial charge in [-0.3, -0.25) is 4.79 Å². The molecule has 3 aliphatic rings. The number of amides is 1. The molecule has 4 heterocycles. The second kappa shape index (κ2) is 9.25. The lowest BCUT2D eigenvalue weighted by molar-refractivity contribution is -0.137. The van der Waals surface area contributed by atoms with Crippen molar-refractivity contribution in [3.63, 3.8) is 0 Å². The minimum atomic E-state index is -3.17. The lowest BCUT2D eigenvalue weighted by Crippen LogP contribution is -2.52. The van der Waals surface area contributed by atoms with Crippen LogP contribution < -0.4 is 9.80 Å². The van der Waals surface area contributed by atoms with E-state index in [0.717, 1.165) is 50.9 Å². The molecule has 3 saturated heterocycles. The Labute approximate surface area is 184 Å². The summed E-state index contributed by atoms with van der Waals surface area (Å²) in [4.78, 5) is 21.6. The number of nitrogens with zero attached hydrogens (tertiary/aromatic N) is 7. The molecule has 10 nitrogen and oxygen atoms in total. The van der Waals surface area contributed by atoms with Crippen molar-refractivity contribution in [3.05, 3.63) is 12.1 Å². The minimum absolute atomic E-state index is 0.0767. The van der Waals surface area contributed by atoms with Crippen LogP contribution >= 0.6 is 0 Å². The number of piperidine rings is 1. The molecule has 0 bridgehead atoms. The molecule has 31 heavy (non-hydrogen) atoms. The number of carbonyl (C=O) groups is 1. The Kier molecular flexibility index (Phi) is 6.63. The van der Waals surface area contributed by atoms with E-state index in [4.69, 9.17) is 0 Å². The van der Waals surface area contributed by atoms with Crippen molar-refractivity contribution >= 4 is 27.6 Å². The standard InChI is InChI=1S/C20H33N7O3S/c1-23-9-11-24(12-10-23)18-3-4-19(22-21-18)25-13-15-26(16-14-25)20(28)17-5-7-27(8-6-17)31(2,29)30/h3-4,17H,5-16H2,1-2H3. The summed E-state index contributed by atoms with van der Waals surface area (Å²) in [6.07, 6.45) is 2.44. The highest BCUT2D eigenvalue weighted by atomic mass is 32.2. The maximum Gasteiger partial charge on any atom is 0.225 e. The van der Waals surface area contributed by atoms with Crippen molar-refractivity contribution in [2.75, 3.05) is 88.6 Å². The van der Waals surface area contributed by atoms with E-state index >= 15 is 0 Å². The molecular formula is C20H33N7O3S. The van der Waals surface area contributed by atoms with Crippen LogP contribution in [0.15, 0.2) is 12.1 Å². The van der Waals surface area contributed by atoms with Crippen molar-refractivity contribution in [2.45, 2.75) is 12.8 Å². The van der Waals surface area contributed by atoms with Gasteiger partial charge in [-0.2, -0.15) is 0 Å². The van der Waals surface area contributed by atoms with E-state index < -0.39 is 10.0 Å². The van der Waals surface area contributed by atoms with Gasteiger partial charge in [-0.25, -0.2) is 12.7 Å². The van der Waals surface area contributed by atoms with E-state index in [1.54, 1.807) is 0 Å². The van der Waals surface area contributed by atoms with Crippen molar-refractivity contribution in [1.29, 1.82) is 0 Å². The van der Waals surface area contributed by atoms with Crippen LogP contribution in [0.3, 0.4) is 0 Å². The Morgan fingerprint density at radius 3 is 1.77 bits per heavy atom. The van der Waals surface area contributed by atoms with E-state index in [0.29, 0.717) is 39.0 Å². The highest BCUT2D eigenvalue weighted by Gasteiger charge is 2.32. The monoisotopic (exact) mass is 451 g/mol. The third-order valence-electron chi connectivity index (χ3n) is 6.65. The number of sulfonamides is 1. The minimum Gasteiger partial charge on any atom is -0.353 e. The molecule has 0 atom stereocenters. The molecule has 3 fully saturated rings. The number of aromatic nitrogens is 2. The summed E-state index contributed by atoms with van der Waals surface area (Å²) in [6.45, 7) is 7.66. The maximum absolute atomic E-state index is 12.9. The zero-order valence-corrected chi connectivity index (χ0v) is 19.3. The van der Waals surface area contributed by atoms with Gasteiger partial charge in [0.05, 0.1) is 6.26 Å². The van der Waals surface area contributed by atoms with Gasteiger partial charge in [0.1, 0.15) is 0 Å². The van der Waals surface area contributed by atoms with Crippen LogP contribution in [0.5, 0.6) is 0 Å². The fourth-order valence-corrected chi connectivity index (χ4v) is 5.41.